The summed E-state index contributed by atoms with van der Waals surface area (Å²) in [6, 6.07) is 10.7. The van der Waals surface area contributed by atoms with Crippen LogP contribution in [0.1, 0.15) is 70.8 Å². The summed E-state index contributed by atoms with van der Waals surface area (Å²) in [7, 11) is 1.81. The zero-order valence-corrected chi connectivity index (χ0v) is 19.1. The van der Waals surface area contributed by atoms with E-state index < -0.39 is 5.60 Å². The van der Waals surface area contributed by atoms with Crippen LogP contribution in [-0.2, 0) is 9.53 Å². The number of nitrogens with zero attached hydrogens (tertiary/aromatic N) is 2. The highest BCUT2D eigenvalue weighted by atomic mass is 16.6. The van der Waals surface area contributed by atoms with Crippen molar-refractivity contribution < 1.29 is 14.3 Å². The number of piperidine rings is 1. The molecule has 30 heavy (non-hydrogen) atoms. The van der Waals surface area contributed by atoms with Gasteiger partial charge in [-0.25, -0.2) is 4.79 Å². The second kappa shape index (κ2) is 9.84. The highest BCUT2D eigenvalue weighted by molar-refractivity contribution is 5.79. The van der Waals surface area contributed by atoms with Gasteiger partial charge in [-0.2, -0.15) is 0 Å². The van der Waals surface area contributed by atoms with E-state index in [1.807, 2.05) is 27.8 Å². The van der Waals surface area contributed by atoms with E-state index in [1.54, 1.807) is 4.90 Å². The van der Waals surface area contributed by atoms with Gasteiger partial charge in [0.2, 0.25) is 5.91 Å². The Kier molecular flexibility index (Phi) is 7.43. The van der Waals surface area contributed by atoms with E-state index in [1.165, 1.54) is 5.56 Å². The van der Waals surface area contributed by atoms with Gasteiger partial charge in [0.15, 0.2) is 0 Å². The Hall–Kier alpha value is -2.04. The van der Waals surface area contributed by atoms with Gasteiger partial charge in [-0.05, 0) is 76.7 Å². The number of benzene rings is 1. The average molecular weight is 415 g/mol. The minimum atomic E-state index is -0.469. The molecule has 166 valence electrons. The van der Waals surface area contributed by atoms with Crippen LogP contribution in [0.5, 0.6) is 0 Å². The fraction of sp³-hybridized carbons (Fsp3) is 0.680. The molecule has 1 aromatic rings. The van der Waals surface area contributed by atoms with Gasteiger partial charge in [-0.3, -0.25) is 4.79 Å². The Morgan fingerprint density at radius 3 is 2.17 bits per heavy atom. The summed E-state index contributed by atoms with van der Waals surface area (Å²) in [5.41, 5.74) is 0.933. The van der Waals surface area contributed by atoms with E-state index in [2.05, 4.69) is 35.2 Å². The van der Waals surface area contributed by atoms with Gasteiger partial charge in [0, 0.05) is 32.6 Å². The van der Waals surface area contributed by atoms with Crippen LogP contribution in [0.25, 0.3) is 0 Å². The van der Waals surface area contributed by atoms with Crippen molar-refractivity contribution in [2.75, 3.05) is 26.7 Å². The smallest absolute Gasteiger partial charge is 0.410 e. The molecule has 0 aromatic heterocycles. The van der Waals surface area contributed by atoms with Crippen LogP contribution >= 0.6 is 0 Å². The minimum Gasteiger partial charge on any atom is -0.444 e. The molecule has 5 nitrogen and oxygen atoms in total. The van der Waals surface area contributed by atoms with Crippen LogP contribution in [0.3, 0.4) is 0 Å². The standard InChI is InChI=1S/C25H38N2O3/c1-25(2,3)30-24(29)26(4)18-19-10-12-22(13-11-19)23(28)27-16-14-21(15-17-27)20-8-6-5-7-9-20/h5-9,19,21-22H,10-18H2,1-4H3/t19-,22-. The van der Waals surface area contributed by atoms with Crippen LogP contribution in [0.2, 0.25) is 0 Å². The molecule has 0 spiro atoms. The van der Waals surface area contributed by atoms with Crippen LogP contribution < -0.4 is 0 Å². The molecule has 1 aromatic carbocycles. The van der Waals surface area contributed by atoms with Gasteiger partial charge in [-0.1, -0.05) is 30.3 Å². The van der Waals surface area contributed by atoms with E-state index in [4.69, 9.17) is 4.74 Å². The fourth-order valence-electron chi connectivity index (χ4n) is 4.81. The zero-order valence-electron chi connectivity index (χ0n) is 19.1. The van der Waals surface area contributed by atoms with Crippen molar-refractivity contribution in [3.05, 3.63) is 35.9 Å². The third kappa shape index (κ3) is 6.23. The van der Waals surface area contributed by atoms with Crippen LogP contribution in [-0.4, -0.2) is 54.1 Å². The second-order valence-corrected chi connectivity index (χ2v) is 10.1. The number of hydrogen-bond donors (Lipinski definition) is 0. The maximum Gasteiger partial charge on any atom is 0.410 e. The normalized spacial score (nSPS) is 23.1. The average Bonchev–Trinajstić information content (AvgIpc) is 2.73. The number of amides is 2. The highest BCUT2D eigenvalue weighted by Crippen LogP contribution is 2.33. The Morgan fingerprint density at radius 2 is 1.60 bits per heavy atom. The molecule has 1 saturated heterocycles. The molecule has 1 aliphatic heterocycles. The summed E-state index contributed by atoms with van der Waals surface area (Å²) >= 11 is 0. The summed E-state index contributed by atoms with van der Waals surface area (Å²) in [5.74, 6) is 1.53. The maximum absolute atomic E-state index is 13.0. The molecule has 0 N–H and O–H groups in total. The van der Waals surface area contributed by atoms with Crippen LogP contribution in [0, 0.1) is 11.8 Å². The van der Waals surface area contributed by atoms with Crippen molar-refractivity contribution in [1.82, 2.24) is 9.80 Å². The molecule has 0 bridgehead atoms. The first-order valence-corrected chi connectivity index (χ1v) is 11.5. The van der Waals surface area contributed by atoms with E-state index in [9.17, 15) is 9.59 Å². The third-order valence-corrected chi connectivity index (χ3v) is 6.51. The largest absolute Gasteiger partial charge is 0.444 e. The lowest BCUT2D eigenvalue weighted by molar-refractivity contribution is -0.138. The molecule has 1 saturated carbocycles. The lowest BCUT2D eigenvalue weighted by Gasteiger charge is -2.37. The number of likely N-dealkylation sites (tertiary alicyclic amines) is 1. The Bertz CT molecular complexity index is 697. The third-order valence-electron chi connectivity index (χ3n) is 6.51. The van der Waals surface area contributed by atoms with E-state index >= 15 is 0 Å². The molecule has 0 unspecified atom stereocenters. The molecule has 0 atom stereocenters. The first-order chi connectivity index (χ1) is 14.2. The topological polar surface area (TPSA) is 49.9 Å². The predicted molar refractivity (Wildman–Crippen MR) is 119 cm³/mol. The van der Waals surface area contributed by atoms with Gasteiger partial charge in [0.25, 0.3) is 0 Å². The minimum absolute atomic E-state index is 0.154. The lowest BCUT2D eigenvalue weighted by atomic mass is 9.80. The van der Waals surface area contributed by atoms with Crippen LogP contribution in [0.4, 0.5) is 4.79 Å². The van der Waals surface area contributed by atoms with Gasteiger partial charge in [0.1, 0.15) is 5.60 Å². The van der Waals surface area contributed by atoms with Crippen molar-refractivity contribution in [2.45, 2.75) is 70.8 Å². The summed E-state index contributed by atoms with van der Waals surface area (Å²) in [5, 5.41) is 0. The van der Waals surface area contributed by atoms with E-state index in [-0.39, 0.29) is 12.0 Å². The molecule has 1 heterocycles. The van der Waals surface area contributed by atoms with Gasteiger partial charge in [-0.15, -0.1) is 0 Å². The van der Waals surface area contributed by atoms with Crippen molar-refractivity contribution in [1.29, 1.82) is 0 Å². The van der Waals surface area contributed by atoms with Gasteiger partial charge >= 0.3 is 6.09 Å². The Morgan fingerprint density at radius 1 is 1.00 bits per heavy atom. The molecule has 3 rings (SSSR count). The number of ether oxygens (including phenoxy) is 1. The molecule has 2 fully saturated rings. The van der Waals surface area contributed by atoms with Crippen molar-refractivity contribution in [2.24, 2.45) is 11.8 Å². The molecule has 2 amide bonds. The van der Waals surface area contributed by atoms with Crippen molar-refractivity contribution in [3.63, 3.8) is 0 Å². The van der Waals surface area contributed by atoms with Crippen molar-refractivity contribution >= 4 is 12.0 Å². The molecule has 1 aliphatic carbocycles. The fourth-order valence-corrected chi connectivity index (χ4v) is 4.81. The molecule has 0 radical (unpaired) electrons. The van der Waals surface area contributed by atoms with E-state index in [0.717, 1.165) is 51.6 Å². The van der Waals surface area contributed by atoms with Gasteiger partial charge < -0.3 is 14.5 Å². The summed E-state index contributed by atoms with van der Waals surface area (Å²) in [4.78, 5) is 29.0. The second-order valence-electron chi connectivity index (χ2n) is 10.1. The monoisotopic (exact) mass is 414 g/mol. The first-order valence-electron chi connectivity index (χ1n) is 11.5. The van der Waals surface area contributed by atoms with Crippen LogP contribution in [0.15, 0.2) is 30.3 Å². The quantitative estimate of drug-likeness (QED) is 0.691. The van der Waals surface area contributed by atoms with E-state index in [0.29, 0.717) is 24.3 Å². The summed E-state index contributed by atoms with van der Waals surface area (Å²) in [6.45, 7) is 8.12. The summed E-state index contributed by atoms with van der Waals surface area (Å²) in [6.07, 6.45) is 5.74. The lowest BCUT2D eigenvalue weighted by Crippen LogP contribution is -2.43. The summed E-state index contributed by atoms with van der Waals surface area (Å²) < 4.78 is 5.45. The predicted octanol–water partition coefficient (Wildman–Crippen LogP) is 5.07. The molecular weight excluding hydrogens is 376 g/mol. The molecule has 5 heteroatoms. The Balaban J connectivity index is 1.41. The van der Waals surface area contributed by atoms with Crippen molar-refractivity contribution in [3.8, 4) is 0 Å². The first kappa shape index (κ1) is 22.6. The number of rotatable bonds is 4. The zero-order chi connectivity index (χ0) is 21.7. The number of carbonyl (C=O) groups excluding carboxylic acids is 2. The Labute approximate surface area is 181 Å². The SMILES string of the molecule is CN(C[C@H]1CC[C@H](C(=O)N2CCC(c3ccccc3)CC2)CC1)C(=O)OC(C)(C)C. The maximum atomic E-state index is 13.0. The number of hydrogen-bond acceptors (Lipinski definition) is 3. The molecule has 2 aliphatic rings. The molecular formula is C25H38N2O3. The van der Waals surface area contributed by atoms with Gasteiger partial charge in [0.05, 0.1) is 0 Å². The highest BCUT2D eigenvalue weighted by Gasteiger charge is 2.32. The number of carbonyl (C=O) groups is 2.